The fraction of sp³-hybridized carbons (Fsp3) is 0. The Morgan fingerprint density at radius 1 is 0.905 bits per heavy atom. The molecule has 0 fully saturated rings. The molecular formula is C15H10Cl3N3. The van der Waals surface area contributed by atoms with E-state index in [1.807, 2.05) is 24.3 Å². The number of anilines is 3. The average molecular weight is 339 g/mol. The van der Waals surface area contributed by atoms with Crippen LogP contribution in [0.5, 0.6) is 0 Å². The van der Waals surface area contributed by atoms with E-state index in [1.54, 1.807) is 18.3 Å². The van der Waals surface area contributed by atoms with Crippen LogP contribution in [0, 0.1) is 0 Å². The monoisotopic (exact) mass is 337 g/mol. The SMILES string of the molecule is Nc1c(Nc2cc(Cl)c(Cl)cc2Cl)ccc2ncccc12. The van der Waals surface area contributed by atoms with E-state index in [1.165, 1.54) is 0 Å². The maximum absolute atomic E-state index is 6.18. The Kier molecular flexibility index (Phi) is 3.81. The average Bonchev–Trinajstić information content (AvgIpc) is 2.48. The molecule has 0 atom stereocenters. The first-order chi connectivity index (χ1) is 10.1. The number of nitrogens with zero attached hydrogens (tertiary/aromatic N) is 1. The second-order valence-electron chi connectivity index (χ2n) is 4.47. The first-order valence-corrected chi connectivity index (χ1v) is 7.24. The van der Waals surface area contributed by atoms with Gasteiger partial charge in [0.2, 0.25) is 0 Å². The van der Waals surface area contributed by atoms with Crippen molar-refractivity contribution in [1.82, 2.24) is 4.98 Å². The first kappa shape index (κ1) is 14.3. The van der Waals surface area contributed by atoms with Crippen LogP contribution in [-0.2, 0) is 0 Å². The van der Waals surface area contributed by atoms with Gasteiger partial charge in [0.25, 0.3) is 0 Å². The van der Waals surface area contributed by atoms with E-state index in [4.69, 9.17) is 40.5 Å². The zero-order valence-corrected chi connectivity index (χ0v) is 13.0. The quantitative estimate of drug-likeness (QED) is 0.478. The van der Waals surface area contributed by atoms with Crippen LogP contribution in [0.15, 0.2) is 42.6 Å². The minimum absolute atomic E-state index is 0.405. The maximum Gasteiger partial charge on any atom is 0.0724 e. The zero-order chi connectivity index (χ0) is 15.0. The molecule has 0 aliphatic rings. The smallest absolute Gasteiger partial charge is 0.0724 e. The molecule has 0 aliphatic carbocycles. The maximum atomic E-state index is 6.18. The number of nitrogen functional groups attached to an aromatic ring is 1. The van der Waals surface area contributed by atoms with Crippen LogP contribution < -0.4 is 11.1 Å². The van der Waals surface area contributed by atoms with Gasteiger partial charge in [-0.15, -0.1) is 0 Å². The fourth-order valence-electron chi connectivity index (χ4n) is 2.05. The van der Waals surface area contributed by atoms with Crippen LogP contribution in [0.25, 0.3) is 10.9 Å². The second kappa shape index (κ2) is 5.60. The van der Waals surface area contributed by atoms with Crippen molar-refractivity contribution in [3.05, 3.63) is 57.7 Å². The molecule has 0 saturated carbocycles. The molecule has 0 unspecified atom stereocenters. The Morgan fingerprint density at radius 3 is 2.48 bits per heavy atom. The number of pyridine rings is 1. The van der Waals surface area contributed by atoms with E-state index in [0.29, 0.717) is 26.4 Å². The summed E-state index contributed by atoms with van der Waals surface area (Å²) < 4.78 is 0. The number of benzene rings is 2. The van der Waals surface area contributed by atoms with Gasteiger partial charge < -0.3 is 11.1 Å². The molecule has 106 valence electrons. The molecule has 0 radical (unpaired) electrons. The van der Waals surface area contributed by atoms with Crippen molar-refractivity contribution in [2.75, 3.05) is 11.1 Å². The van der Waals surface area contributed by atoms with E-state index in [-0.39, 0.29) is 0 Å². The lowest BCUT2D eigenvalue weighted by Crippen LogP contribution is -1.98. The third kappa shape index (κ3) is 2.72. The summed E-state index contributed by atoms with van der Waals surface area (Å²) in [5, 5.41) is 5.34. The summed E-state index contributed by atoms with van der Waals surface area (Å²) in [5.41, 5.74) is 8.99. The molecular weight excluding hydrogens is 329 g/mol. The lowest BCUT2D eigenvalue weighted by molar-refractivity contribution is 1.41. The molecule has 0 amide bonds. The van der Waals surface area contributed by atoms with Crippen LogP contribution in [0.3, 0.4) is 0 Å². The number of nitrogens with two attached hydrogens (primary N) is 1. The van der Waals surface area contributed by atoms with Crippen molar-refractivity contribution < 1.29 is 0 Å². The van der Waals surface area contributed by atoms with Crippen molar-refractivity contribution >= 4 is 62.8 Å². The number of hydrogen-bond donors (Lipinski definition) is 2. The third-order valence-corrected chi connectivity index (χ3v) is 4.14. The van der Waals surface area contributed by atoms with Crippen molar-refractivity contribution in [2.24, 2.45) is 0 Å². The minimum atomic E-state index is 0.405. The number of aromatic nitrogens is 1. The Hall–Kier alpha value is -1.68. The highest BCUT2D eigenvalue weighted by Gasteiger charge is 2.09. The standard InChI is InChI=1S/C15H10Cl3N3/c16-9-6-11(18)14(7-10(9)17)21-13-4-3-12-8(15(13)19)2-1-5-20-12/h1-7,21H,19H2. The molecule has 6 heteroatoms. The van der Waals surface area contributed by atoms with Crippen LogP contribution >= 0.6 is 34.8 Å². The predicted octanol–water partition coefficient (Wildman–Crippen LogP) is 5.52. The molecule has 3 rings (SSSR count). The second-order valence-corrected chi connectivity index (χ2v) is 5.69. The summed E-state index contributed by atoms with van der Waals surface area (Å²) in [4.78, 5) is 4.26. The topological polar surface area (TPSA) is 50.9 Å². The number of nitrogens with one attached hydrogen (secondary N) is 1. The van der Waals surface area contributed by atoms with Crippen LogP contribution in [0.4, 0.5) is 17.1 Å². The van der Waals surface area contributed by atoms with Gasteiger partial charge in [-0.2, -0.15) is 0 Å². The van der Waals surface area contributed by atoms with Crippen molar-refractivity contribution in [2.45, 2.75) is 0 Å². The third-order valence-electron chi connectivity index (χ3n) is 3.11. The minimum Gasteiger partial charge on any atom is -0.396 e. The molecule has 1 aromatic heterocycles. The van der Waals surface area contributed by atoms with Crippen molar-refractivity contribution in [1.29, 1.82) is 0 Å². The van der Waals surface area contributed by atoms with Crippen LogP contribution in [-0.4, -0.2) is 4.98 Å². The zero-order valence-electron chi connectivity index (χ0n) is 10.7. The largest absolute Gasteiger partial charge is 0.396 e. The van der Waals surface area contributed by atoms with E-state index in [0.717, 1.165) is 16.6 Å². The highest BCUT2D eigenvalue weighted by atomic mass is 35.5. The lowest BCUT2D eigenvalue weighted by atomic mass is 10.1. The molecule has 2 aromatic carbocycles. The summed E-state index contributed by atoms with van der Waals surface area (Å²) in [5.74, 6) is 0. The number of rotatable bonds is 2. The van der Waals surface area contributed by atoms with Crippen molar-refractivity contribution in [3.63, 3.8) is 0 Å². The molecule has 0 spiro atoms. The van der Waals surface area contributed by atoms with Crippen LogP contribution in [0.2, 0.25) is 15.1 Å². The summed E-state index contributed by atoms with van der Waals surface area (Å²) in [6, 6.07) is 10.8. The van der Waals surface area contributed by atoms with E-state index < -0.39 is 0 Å². The first-order valence-electron chi connectivity index (χ1n) is 6.11. The highest BCUT2D eigenvalue weighted by molar-refractivity contribution is 6.44. The summed E-state index contributed by atoms with van der Waals surface area (Å²) >= 11 is 18.1. The number of halogens is 3. The van der Waals surface area contributed by atoms with Gasteiger partial charge in [-0.3, -0.25) is 4.98 Å². The number of hydrogen-bond acceptors (Lipinski definition) is 3. The molecule has 0 bridgehead atoms. The van der Waals surface area contributed by atoms with Gasteiger partial charge in [0, 0.05) is 11.6 Å². The summed E-state index contributed by atoms with van der Waals surface area (Å²) in [7, 11) is 0. The summed E-state index contributed by atoms with van der Waals surface area (Å²) in [6.07, 6.45) is 1.73. The number of fused-ring (bicyclic) bond motifs is 1. The Labute approximate surface area is 136 Å². The van der Waals surface area contributed by atoms with Gasteiger partial charge >= 0.3 is 0 Å². The van der Waals surface area contributed by atoms with Gasteiger partial charge in [0.05, 0.1) is 37.6 Å². The van der Waals surface area contributed by atoms with Gasteiger partial charge in [-0.1, -0.05) is 34.8 Å². The Morgan fingerprint density at radius 2 is 1.67 bits per heavy atom. The van der Waals surface area contributed by atoms with Gasteiger partial charge in [-0.25, -0.2) is 0 Å². The molecule has 0 saturated heterocycles. The van der Waals surface area contributed by atoms with Gasteiger partial charge in [0.15, 0.2) is 0 Å². The highest BCUT2D eigenvalue weighted by Crippen LogP contribution is 2.36. The molecule has 3 aromatic rings. The molecule has 21 heavy (non-hydrogen) atoms. The van der Waals surface area contributed by atoms with Gasteiger partial charge in [0.1, 0.15) is 0 Å². The van der Waals surface area contributed by atoms with Crippen LogP contribution in [0.1, 0.15) is 0 Å². The Bertz CT molecular complexity index is 834. The Balaban J connectivity index is 2.06. The van der Waals surface area contributed by atoms with E-state index >= 15 is 0 Å². The molecule has 3 nitrogen and oxygen atoms in total. The van der Waals surface area contributed by atoms with E-state index in [2.05, 4.69) is 10.3 Å². The summed E-state index contributed by atoms with van der Waals surface area (Å²) in [6.45, 7) is 0. The fourth-order valence-corrected chi connectivity index (χ4v) is 2.64. The van der Waals surface area contributed by atoms with Gasteiger partial charge in [-0.05, 0) is 36.4 Å². The molecule has 1 heterocycles. The molecule has 3 N–H and O–H groups in total. The van der Waals surface area contributed by atoms with Crippen molar-refractivity contribution in [3.8, 4) is 0 Å². The lowest BCUT2D eigenvalue weighted by Gasteiger charge is -2.13. The normalized spacial score (nSPS) is 10.8. The predicted molar refractivity (Wildman–Crippen MR) is 90.9 cm³/mol. The molecule has 0 aliphatic heterocycles. The van der Waals surface area contributed by atoms with E-state index in [9.17, 15) is 0 Å².